The molecule has 0 radical (unpaired) electrons. The summed E-state index contributed by atoms with van der Waals surface area (Å²) in [5.74, 6) is -0.0716. The number of rotatable bonds is 7. The summed E-state index contributed by atoms with van der Waals surface area (Å²) in [7, 11) is 0. The molecule has 0 aliphatic heterocycles. The number of aromatic nitrogens is 1. The molecule has 0 saturated heterocycles. The van der Waals surface area contributed by atoms with Gasteiger partial charge in [-0.1, -0.05) is 0 Å². The molecule has 0 aliphatic carbocycles. The van der Waals surface area contributed by atoms with Crippen molar-refractivity contribution in [2.75, 3.05) is 11.9 Å². The van der Waals surface area contributed by atoms with Gasteiger partial charge in [0.25, 0.3) is 0 Å². The van der Waals surface area contributed by atoms with Crippen molar-refractivity contribution in [3.8, 4) is 0 Å². The number of nitrogens with one attached hydrogen (secondary N) is 1. The maximum atomic E-state index is 12.8. The predicted molar refractivity (Wildman–Crippen MR) is 94.5 cm³/mol. The number of ether oxygens (including phenoxy) is 1. The molecule has 2 aromatic rings. The van der Waals surface area contributed by atoms with Crippen molar-refractivity contribution in [1.82, 2.24) is 4.98 Å². The molecule has 8 heteroatoms. The molecule has 1 aromatic heterocycles. The van der Waals surface area contributed by atoms with Crippen molar-refractivity contribution >= 4 is 31.1 Å². The summed E-state index contributed by atoms with van der Waals surface area (Å²) < 4.78 is 43.8. The van der Waals surface area contributed by atoms with Crippen LogP contribution in [-0.2, 0) is 9.53 Å². The molecule has 1 aromatic carbocycles. The SMILES string of the molecule is CC(C)(OCC(F)(F)F)C([Se]c1ccccc1)C(=O)Nc1ccccn1. The van der Waals surface area contributed by atoms with E-state index in [0.29, 0.717) is 5.82 Å². The summed E-state index contributed by atoms with van der Waals surface area (Å²) in [4.78, 5) is 16.0. The van der Waals surface area contributed by atoms with E-state index in [9.17, 15) is 18.0 Å². The molecule has 1 N–H and O–H groups in total. The van der Waals surface area contributed by atoms with Crippen LogP contribution in [0.15, 0.2) is 54.7 Å². The Morgan fingerprint density at radius 2 is 1.81 bits per heavy atom. The van der Waals surface area contributed by atoms with Gasteiger partial charge >= 0.3 is 156 Å². The first-order chi connectivity index (χ1) is 12.2. The molecule has 0 aliphatic rings. The van der Waals surface area contributed by atoms with Crippen LogP contribution in [0, 0.1) is 0 Å². The van der Waals surface area contributed by atoms with Crippen LogP contribution in [0.5, 0.6) is 0 Å². The van der Waals surface area contributed by atoms with Gasteiger partial charge < -0.3 is 0 Å². The number of halogens is 3. The number of alkyl halides is 3. The van der Waals surface area contributed by atoms with Gasteiger partial charge in [-0.25, -0.2) is 0 Å². The van der Waals surface area contributed by atoms with E-state index in [1.807, 2.05) is 30.3 Å². The number of nitrogens with zero attached hydrogens (tertiary/aromatic N) is 1. The summed E-state index contributed by atoms with van der Waals surface area (Å²) in [5.41, 5.74) is -1.30. The first kappa shape index (κ1) is 20.4. The number of carbonyl (C=O) groups is 1. The van der Waals surface area contributed by atoms with Gasteiger partial charge in [0.05, 0.1) is 0 Å². The van der Waals surface area contributed by atoms with E-state index in [0.717, 1.165) is 4.46 Å². The van der Waals surface area contributed by atoms with Crippen LogP contribution in [0.3, 0.4) is 0 Å². The Morgan fingerprint density at radius 1 is 1.15 bits per heavy atom. The van der Waals surface area contributed by atoms with Gasteiger partial charge in [0, 0.05) is 0 Å². The quantitative estimate of drug-likeness (QED) is 0.686. The zero-order valence-corrected chi connectivity index (χ0v) is 16.0. The molecular formula is C18H19F3N2O2Se. The second kappa shape index (κ2) is 8.66. The Balaban J connectivity index is 2.21. The molecule has 1 unspecified atom stereocenters. The number of hydrogen-bond acceptors (Lipinski definition) is 3. The first-order valence-corrected chi connectivity index (χ1v) is 9.66. The molecule has 0 saturated carbocycles. The fraction of sp³-hybridized carbons (Fsp3) is 0.333. The van der Waals surface area contributed by atoms with Gasteiger partial charge in [0.15, 0.2) is 0 Å². The van der Waals surface area contributed by atoms with Crippen LogP contribution in [0.2, 0.25) is 4.82 Å². The molecule has 1 amide bonds. The van der Waals surface area contributed by atoms with E-state index < -0.39 is 44.1 Å². The number of anilines is 1. The average Bonchev–Trinajstić information content (AvgIpc) is 2.59. The molecule has 0 bridgehead atoms. The molecule has 1 heterocycles. The first-order valence-electron chi connectivity index (χ1n) is 7.82. The molecular weight excluding hydrogens is 412 g/mol. The monoisotopic (exact) mass is 432 g/mol. The van der Waals surface area contributed by atoms with Crippen LogP contribution in [0.1, 0.15) is 13.8 Å². The van der Waals surface area contributed by atoms with Gasteiger partial charge in [-0.2, -0.15) is 0 Å². The van der Waals surface area contributed by atoms with Gasteiger partial charge in [-0.3, -0.25) is 0 Å². The number of hydrogen-bond donors (Lipinski definition) is 1. The van der Waals surface area contributed by atoms with Crippen LogP contribution >= 0.6 is 0 Å². The number of carbonyl (C=O) groups excluding carboxylic acids is 1. The minimum atomic E-state index is -4.46. The van der Waals surface area contributed by atoms with E-state index >= 15 is 0 Å². The predicted octanol–water partition coefficient (Wildman–Crippen LogP) is 3.20. The number of benzene rings is 1. The number of amides is 1. The van der Waals surface area contributed by atoms with E-state index in [1.165, 1.54) is 20.0 Å². The van der Waals surface area contributed by atoms with Crippen molar-refractivity contribution in [2.24, 2.45) is 0 Å². The van der Waals surface area contributed by atoms with E-state index in [2.05, 4.69) is 10.3 Å². The third-order valence-corrected chi connectivity index (χ3v) is 6.67. The van der Waals surface area contributed by atoms with E-state index in [4.69, 9.17) is 4.74 Å². The molecule has 0 spiro atoms. The van der Waals surface area contributed by atoms with E-state index in [1.54, 1.807) is 18.2 Å². The Hall–Kier alpha value is -1.89. The van der Waals surface area contributed by atoms with Crippen molar-refractivity contribution in [3.63, 3.8) is 0 Å². The molecule has 0 fully saturated rings. The fourth-order valence-corrected chi connectivity index (χ4v) is 4.44. The average molecular weight is 431 g/mol. The Labute approximate surface area is 156 Å². The molecule has 1 atom stereocenters. The third-order valence-electron chi connectivity index (χ3n) is 3.39. The molecule has 4 nitrogen and oxygen atoms in total. The van der Waals surface area contributed by atoms with Crippen molar-refractivity contribution in [2.45, 2.75) is 30.4 Å². The Kier molecular flexibility index (Phi) is 6.80. The summed E-state index contributed by atoms with van der Waals surface area (Å²) in [5, 5.41) is 2.67. The minimum absolute atomic E-state index is 0.345. The molecule has 2 rings (SSSR count). The molecule has 140 valence electrons. The summed E-state index contributed by atoms with van der Waals surface area (Å²) in [6, 6.07) is 14.2. The normalized spacial score (nSPS) is 13.3. The number of pyridine rings is 1. The molecule has 26 heavy (non-hydrogen) atoms. The van der Waals surface area contributed by atoms with Crippen LogP contribution < -0.4 is 9.78 Å². The van der Waals surface area contributed by atoms with Crippen molar-refractivity contribution in [1.29, 1.82) is 0 Å². The zero-order valence-electron chi connectivity index (χ0n) is 14.3. The third kappa shape index (κ3) is 6.44. The van der Waals surface area contributed by atoms with Crippen molar-refractivity contribution < 1.29 is 22.7 Å². The standard InChI is InChI=1S/C18H19F3N2O2Se/c1-17(2,25-12-18(19,20)21)15(26-13-8-4-3-5-9-13)16(24)23-14-10-6-7-11-22-14/h3-11,15H,12H2,1-2H3,(H,22,23,24). The maximum absolute atomic E-state index is 12.8. The van der Waals surface area contributed by atoms with Crippen LogP contribution in [-0.4, -0.2) is 44.2 Å². The Morgan fingerprint density at radius 3 is 2.38 bits per heavy atom. The second-order valence-corrected chi connectivity index (χ2v) is 8.50. The van der Waals surface area contributed by atoms with Gasteiger partial charge in [-0.15, -0.1) is 0 Å². The van der Waals surface area contributed by atoms with E-state index in [-0.39, 0.29) is 0 Å². The second-order valence-electron chi connectivity index (χ2n) is 6.02. The summed E-state index contributed by atoms with van der Waals surface area (Å²) in [6.45, 7) is 1.61. The summed E-state index contributed by atoms with van der Waals surface area (Å²) >= 11 is -0.435. The van der Waals surface area contributed by atoms with Crippen LogP contribution in [0.4, 0.5) is 19.0 Å². The van der Waals surface area contributed by atoms with Gasteiger partial charge in [0.2, 0.25) is 0 Å². The fourth-order valence-electron chi connectivity index (χ4n) is 2.12. The van der Waals surface area contributed by atoms with Gasteiger partial charge in [-0.05, 0) is 0 Å². The van der Waals surface area contributed by atoms with Crippen molar-refractivity contribution in [3.05, 3.63) is 54.7 Å². The summed E-state index contributed by atoms with van der Waals surface area (Å²) in [6.07, 6.45) is -2.93. The zero-order chi connectivity index (χ0) is 19.2. The van der Waals surface area contributed by atoms with Crippen LogP contribution in [0.25, 0.3) is 0 Å². The Bertz CT molecular complexity index is 709. The topological polar surface area (TPSA) is 51.2 Å². The van der Waals surface area contributed by atoms with Gasteiger partial charge in [0.1, 0.15) is 0 Å².